The smallest absolute Gasteiger partial charge is 0.191 e. The van der Waals surface area contributed by atoms with E-state index in [0.29, 0.717) is 6.54 Å². The van der Waals surface area contributed by atoms with Crippen molar-refractivity contribution >= 4 is 57.2 Å². The molecule has 7 heteroatoms. The van der Waals surface area contributed by atoms with Crippen LogP contribution in [0.2, 0.25) is 0 Å². The highest BCUT2D eigenvalue weighted by Gasteiger charge is 2.06. The molecule has 2 rings (SSSR count). The summed E-state index contributed by atoms with van der Waals surface area (Å²) in [4.78, 5) is 10.4. The number of halogens is 2. The van der Waals surface area contributed by atoms with Gasteiger partial charge in [-0.05, 0) is 51.0 Å². The predicted molar refractivity (Wildman–Crippen MR) is 118 cm³/mol. The number of rotatable bonds is 5. The fraction of sp³-hybridized carbons (Fsp3) is 0.412. The standard InChI is InChI=1S/C17H23BrN4S.HI/c1-5-19-17(21-10-16-12(3)22-13(4)23-16)20-9-14-6-7-15(18)8-11(14)2;/h6-8H,5,9-10H2,1-4H3,(H2,19,20,21);1H. The second-order valence-corrected chi connectivity index (χ2v) is 7.56. The number of benzene rings is 1. The minimum Gasteiger partial charge on any atom is -0.357 e. The molecule has 0 atom stereocenters. The van der Waals surface area contributed by atoms with Gasteiger partial charge in [0.05, 0.1) is 23.8 Å². The van der Waals surface area contributed by atoms with E-state index in [1.54, 1.807) is 11.3 Å². The largest absolute Gasteiger partial charge is 0.357 e. The maximum atomic E-state index is 4.69. The molecule has 2 aromatic rings. The van der Waals surface area contributed by atoms with Crippen molar-refractivity contribution in [1.29, 1.82) is 0 Å². The quantitative estimate of drug-likeness (QED) is 0.340. The Kier molecular flexibility index (Phi) is 9.22. The molecule has 0 saturated heterocycles. The number of nitrogens with one attached hydrogen (secondary N) is 2. The molecule has 1 aromatic carbocycles. The molecule has 4 nitrogen and oxygen atoms in total. The summed E-state index contributed by atoms with van der Waals surface area (Å²) >= 11 is 5.23. The summed E-state index contributed by atoms with van der Waals surface area (Å²) in [6, 6.07) is 6.29. The maximum absolute atomic E-state index is 4.69. The Morgan fingerprint density at radius 2 is 2.00 bits per heavy atom. The number of nitrogens with zero attached hydrogens (tertiary/aromatic N) is 2. The molecule has 2 N–H and O–H groups in total. The van der Waals surface area contributed by atoms with Crippen molar-refractivity contribution in [2.75, 3.05) is 6.54 Å². The molecule has 0 radical (unpaired) electrons. The monoisotopic (exact) mass is 522 g/mol. The average molecular weight is 523 g/mol. The summed E-state index contributed by atoms with van der Waals surface area (Å²) in [6.45, 7) is 10.5. The molecule has 0 spiro atoms. The second-order valence-electron chi connectivity index (χ2n) is 5.36. The van der Waals surface area contributed by atoms with E-state index in [0.717, 1.165) is 34.2 Å². The molecule has 24 heavy (non-hydrogen) atoms. The first kappa shape index (κ1) is 21.4. The van der Waals surface area contributed by atoms with Gasteiger partial charge < -0.3 is 10.6 Å². The minimum absolute atomic E-state index is 0. The van der Waals surface area contributed by atoms with Crippen molar-refractivity contribution in [3.8, 4) is 0 Å². The van der Waals surface area contributed by atoms with Crippen LogP contribution in [0.5, 0.6) is 0 Å². The lowest BCUT2D eigenvalue weighted by Crippen LogP contribution is -2.36. The van der Waals surface area contributed by atoms with Crippen LogP contribution in [0.1, 0.15) is 33.6 Å². The highest BCUT2D eigenvalue weighted by Crippen LogP contribution is 2.17. The lowest BCUT2D eigenvalue weighted by molar-refractivity contribution is 0.818. The van der Waals surface area contributed by atoms with E-state index in [1.807, 2.05) is 6.92 Å². The Hall–Kier alpha value is -0.670. The maximum Gasteiger partial charge on any atom is 0.191 e. The van der Waals surface area contributed by atoms with Crippen LogP contribution in [-0.4, -0.2) is 17.5 Å². The van der Waals surface area contributed by atoms with Gasteiger partial charge in [0, 0.05) is 15.9 Å². The van der Waals surface area contributed by atoms with Crippen LogP contribution < -0.4 is 10.6 Å². The highest BCUT2D eigenvalue weighted by atomic mass is 127. The molecule has 0 amide bonds. The number of aryl methyl sites for hydroxylation is 3. The molecular formula is C17H24BrIN4S. The normalized spacial score (nSPS) is 11.1. The van der Waals surface area contributed by atoms with Gasteiger partial charge in [0.15, 0.2) is 5.96 Å². The third-order valence-corrected chi connectivity index (χ3v) is 5.04. The lowest BCUT2D eigenvalue weighted by atomic mass is 10.1. The van der Waals surface area contributed by atoms with Gasteiger partial charge in [-0.3, -0.25) is 0 Å². The molecule has 0 bridgehead atoms. The van der Waals surface area contributed by atoms with E-state index in [-0.39, 0.29) is 24.0 Å². The first-order chi connectivity index (χ1) is 11.0. The SMILES string of the molecule is CCNC(=NCc1ccc(Br)cc1C)NCc1sc(C)nc1C.I. The van der Waals surface area contributed by atoms with E-state index in [1.165, 1.54) is 16.0 Å². The van der Waals surface area contributed by atoms with E-state index >= 15 is 0 Å². The van der Waals surface area contributed by atoms with Gasteiger partial charge in [-0.15, -0.1) is 35.3 Å². The Labute approximate surface area is 173 Å². The van der Waals surface area contributed by atoms with Crippen molar-refractivity contribution in [3.05, 3.63) is 49.4 Å². The Morgan fingerprint density at radius 1 is 1.25 bits per heavy atom. The fourth-order valence-electron chi connectivity index (χ4n) is 2.24. The van der Waals surface area contributed by atoms with Crippen LogP contribution in [0.15, 0.2) is 27.7 Å². The molecule has 0 aliphatic heterocycles. The van der Waals surface area contributed by atoms with Gasteiger partial charge in [0.25, 0.3) is 0 Å². The van der Waals surface area contributed by atoms with Gasteiger partial charge in [-0.2, -0.15) is 0 Å². The minimum atomic E-state index is 0. The number of aromatic nitrogens is 1. The number of hydrogen-bond donors (Lipinski definition) is 2. The summed E-state index contributed by atoms with van der Waals surface area (Å²) in [7, 11) is 0. The zero-order chi connectivity index (χ0) is 16.8. The van der Waals surface area contributed by atoms with Gasteiger partial charge in [-0.25, -0.2) is 9.98 Å². The van der Waals surface area contributed by atoms with Crippen molar-refractivity contribution in [1.82, 2.24) is 15.6 Å². The third kappa shape index (κ3) is 6.33. The zero-order valence-corrected chi connectivity index (χ0v) is 19.2. The summed E-state index contributed by atoms with van der Waals surface area (Å²) in [6.07, 6.45) is 0. The molecule has 1 aromatic heterocycles. The Bertz CT molecular complexity index is 700. The van der Waals surface area contributed by atoms with E-state index < -0.39 is 0 Å². The van der Waals surface area contributed by atoms with Crippen LogP contribution in [-0.2, 0) is 13.1 Å². The van der Waals surface area contributed by atoms with Crippen LogP contribution >= 0.6 is 51.2 Å². The summed E-state index contributed by atoms with van der Waals surface area (Å²) in [5, 5.41) is 7.79. The number of aliphatic imine (C=N–C) groups is 1. The average Bonchev–Trinajstić information content (AvgIpc) is 2.81. The number of hydrogen-bond acceptors (Lipinski definition) is 3. The van der Waals surface area contributed by atoms with Crippen molar-refractivity contribution < 1.29 is 0 Å². The van der Waals surface area contributed by atoms with Gasteiger partial charge in [0.2, 0.25) is 0 Å². The molecule has 132 valence electrons. The lowest BCUT2D eigenvalue weighted by Gasteiger charge is -2.11. The van der Waals surface area contributed by atoms with Crippen LogP contribution in [0.4, 0.5) is 0 Å². The van der Waals surface area contributed by atoms with Crippen LogP contribution in [0.25, 0.3) is 0 Å². The Morgan fingerprint density at radius 3 is 2.58 bits per heavy atom. The van der Waals surface area contributed by atoms with Crippen molar-refractivity contribution in [2.45, 2.75) is 40.8 Å². The van der Waals surface area contributed by atoms with E-state index in [2.05, 4.69) is 75.5 Å². The molecule has 0 fully saturated rings. The number of thiazole rings is 1. The predicted octanol–water partition coefficient (Wildman–Crippen LogP) is 4.70. The van der Waals surface area contributed by atoms with E-state index in [9.17, 15) is 0 Å². The number of guanidine groups is 1. The first-order valence-corrected chi connectivity index (χ1v) is 9.30. The van der Waals surface area contributed by atoms with Gasteiger partial charge >= 0.3 is 0 Å². The highest BCUT2D eigenvalue weighted by molar-refractivity contribution is 14.0. The summed E-state index contributed by atoms with van der Waals surface area (Å²) < 4.78 is 1.10. The first-order valence-electron chi connectivity index (χ1n) is 7.69. The molecule has 0 aliphatic rings. The van der Waals surface area contributed by atoms with E-state index in [4.69, 9.17) is 0 Å². The summed E-state index contributed by atoms with van der Waals surface area (Å²) in [5.74, 6) is 0.834. The fourth-order valence-corrected chi connectivity index (χ4v) is 3.60. The van der Waals surface area contributed by atoms with Crippen molar-refractivity contribution in [3.63, 3.8) is 0 Å². The van der Waals surface area contributed by atoms with Crippen LogP contribution in [0, 0.1) is 20.8 Å². The van der Waals surface area contributed by atoms with Gasteiger partial charge in [0.1, 0.15) is 0 Å². The molecule has 0 unspecified atom stereocenters. The molecule has 1 heterocycles. The topological polar surface area (TPSA) is 49.3 Å². The van der Waals surface area contributed by atoms with Gasteiger partial charge in [-0.1, -0.05) is 22.0 Å². The molecular weight excluding hydrogens is 499 g/mol. The third-order valence-electron chi connectivity index (χ3n) is 3.47. The summed E-state index contributed by atoms with van der Waals surface area (Å²) in [5.41, 5.74) is 3.57. The van der Waals surface area contributed by atoms with Crippen molar-refractivity contribution in [2.24, 2.45) is 4.99 Å². The Balaban J connectivity index is 0.00000288. The molecule has 0 aliphatic carbocycles. The second kappa shape index (κ2) is 10.4. The van der Waals surface area contributed by atoms with Crippen LogP contribution in [0.3, 0.4) is 0 Å². The molecule has 0 saturated carbocycles. The zero-order valence-electron chi connectivity index (χ0n) is 14.4.